The molecule has 18 heavy (non-hydrogen) atoms. The van der Waals surface area contributed by atoms with Crippen LogP contribution in [0.1, 0.15) is 29.3 Å². The smallest absolute Gasteiger partial charge is 0.254 e. The number of piperidine rings is 1. The number of phenolic OH excluding ortho intramolecular Hbond substituents is 1. The molecule has 1 heterocycles. The van der Waals surface area contributed by atoms with E-state index in [9.17, 15) is 9.90 Å². The fourth-order valence-corrected chi connectivity index (χ4v) is 2.59. The van der Waals surface area contributed by atoms with Crippen molar-refractivity contribution in [3.05, 3.63) is 29.3 Å². The van der Waals surface area contributed by atoms with Gasteiger partial charge >= 0.3 is 0 Å². The summed E-state index contributed by atoms with van der Waals surface area (Å²) in [5.74, 6) is 0.552. The lowest BCUT2D eigenvalue weighted by atomic mass is 9.95. The average Bonchev–Trinajstić information content (AvgIpc) is 2.30. The van der Waals surface area contributed by atoms with Gasteiger partial charge in [-0.25, -0.2) is 0 Å². The third kappa shape index (κ3) is 2.48. The van der Waals surface area contributed by atoms with Crippen LogP contribution in [0.2, 0.25) is 0 Å². The molecule has 0 radical (unpaired) electrons. The van der Waals surface area contributed by atoms with Gasteiger partial charge in [-0.3, -0.25) is 4.79 Å². The first-order valence-corrected chi connectivity index (χ1v) is 6.32. The van der Waals surface area contributed by atoms with Gasteiger partial charge in [0.25, 0.3) is 5.91 Å². The van der Waals surface area contributed by atoms with Crippen LogP contribution in [0.4, 0.5) is 0 Å². The number of likely N-dealkylation sites (tertiary alicyclic amines) is 1. The molecule has 2 rings (SSSR count). The lowest BCUT2D eigenvalue weighted by Gasteiger charge is -2.35. The number of rotatable bonds is 1. The van der Waals surface area contributed by atoms with Crippen molar-refractivity contribution >= 4 is 5.91 Å². The summed E-state index contributed by atoms with van der Waals surface area (Å²) in [5, 5.41) is 9.66. The lowest BCUT2D eigenvalue weighted by Crippen LogP contribution is -2.48. The molecule has 3 N–H and O–H groups in total. The number of benzene rings is 1. The number of hydrogen-bond acceptors (Lipinski definition) is 3. The van der Waals surface area contributed by atoms with Gasteiger partial charge in [-0.2, -0.15) is 0 Å². The fourth-order valence-electron chi connectivity index (χ4n) is 2.59. The summed E-state index contributed by atoms with van der Waals surface area (Å²) in [7, 11) is 0. The summed E-state index contributed by atoms with van der Waals surface area (Å²) in [6.07, 6.45) is 0.961. The van der Waals surface area contributed by atoms with Crippen LogP contribution in [0.5, 0.6) is 5.75 Å². The molecule has 2 unspecified atom stereocenters. The van der Waals surface area contributed by atoms with E-state index in [-0.39, 0.29) is 17.7 Å². The third-order valence-corrected chi connectivity index (χ3v) is 3.51. The highest BCUT2D eigenvalue weighted by atomic mass is 16.3. The van der Waals surface area contributed by atoms with Crippen LogP contribution in [-0.4, -0.2) is 35.0 Å². The molecule has 98 valence electrons. The van der Waals surface area contributed by atoms with Crippen LogP contribution in [0, 0.1) is 12.8 Å². The summed E-state index contributed by atoms with van der Waals surface area (Å²) < 4.78 is 0. The maximum atomic E-state index is 12.4. The number of hydrogen-bond donors (Lipinski definition) is 2. The minimum Gasteiger partial charge on any atom is -0.508 e. The molecule has 1 fully saturated rings. The standard InChI is InChI=1S/C14H20N2O2/c1-9-6-11(15)8-16(7-9)14(18)12-4-3-5-13(17)10(12)2/h3-5,9,11,17H,6-8,15H2,1-2H3. The third-order valence-electron chi connectivity index (χ3n) is 3.51. The number of carbonyl (C=O) groups excluding carboxylic acids is 1. The SMILES string of the molecule is Cc1c(O)cccc1C(=O)N1CC(C)CC(N)C1. The highest BCUT2D eigenvalue weighted by molar-refractivity contribution is 5.96. The Labute approximate surface area is 107 Å². The quantitative estimate of drug-likeness (QED) is 0.791. The summed E-state index contributed by atoms with van der Waals surface area (Å²) in [6, 6.07) is 5.09. The van der Waals surface area contributed by atoms with E-state index in [2.05, 4.69) is 6.92 Å². The second-order valence-corrected chi connectivity index (χ2v) is 5.26. The zero-order valence-corrected chi connectivity index (χ0v) is 10.9. The van der Waals surface area contributed by atoms with E-state index in [0.29, 0.717) is 23.6 Å². The Morgan fingerprint density at radius 3 is 2.83 bits per heavy atom. The fraction of sp³-hybridized carbons (Fsp3) is 0.500. The van der Waals surface area contributed by atoms with Crippen LogP contribution < -0.4 is 5.73 Å². The van der Waals surface area contributed by atoms with Gasteiger partial charge in [-0.1, -0.05) is 13.0 Å². The van der Waals surface area contributed by atoms with Crippen molar-refractivity contribution in [3.63, 3.8) is 0 Å². The van der Waals surface area contributed by atoms with Crippen LogP contribution >= 0.6 is 0 Å². The Hall–Kier alpha value is -1.55. The topological polar surface area (TPSA) is 66.6 Å². The molecule has 4 nitrogen and oxygen atoms in total. The van der Waals surface area contributed by atoms with E-state index in [1.165, 1.54) is 0 Å². The Morgan fingerprint density at radius 1 is 1.44 bits per heavy atom. The van der Waals surface area contributed by atoms with Gasteiger partial charge in [0.2, 0.25) is 0 Å². The normalized spacial score (nSPS) is 24.1. The Morgan fingerprint density at radius 2 is 2.17 bits per heavy atom. The predicted octanol–water partition coefficient (Wildman–Crippen LogP) is 1.51. The van der Waals surface area contributed by atoms with Gasteiger partial charge in [-0.05, 0) is 31.4 Å². The van der Waals surface area contributed by atoms with E-state index in [1.807, 2.05) is 0 Å². The largest absolute Gasteiger partial charge is 0.508 e. The van der Waals surface area contributed by atoms with E-state index >= 15 is 0 Å². The van der Waals surface area contributed by atoms with Crippen molar-refractivity contribution in [2.24, 2.45) is 11.7 Å². The zero-order valence-electron chi connectivity index (χ0n) is 10.9. The highest BCUT2D eigenvalue weighted by Gasteiger charge is 2.27. The summed E-state index contributed by atoms with van der Waals surface area (Å²) in [6.45, 7) is 5.20. The second kappa shape index (κ2) is 4.98. The van der Waals surface area contributed by atoms with Gasteiger partial charge in [-0.15, -0.1) is 0 Å². The predicted molar refractivity (Wildman–Crippen MR) is 70.5 cm³/mol. The molecular weight excluding hydrogens is 228 g/mol. The van der Waals surface area contributed by atoms with Gasteiger partial charge in [0.05, 0.1) is 0 Å². The summed E-state index contributed by atoms with van der Waals surface area (Å²) in [5.41, 5.74) is 7.16. The van der Waals surface area contributed by atoms with E-state index in [4.69, 9.17) is 5.73 Å². The molecular formula is C14H20N2O2. The van der Waals surface area contributed by atoms with Crippen molar-refractivity contribution in [1.29, 1.82) is 0 Å². The Balaban J connectivity index is 2.23. The monoisotopic (exact) mass is 248 g/mol. The molecule has 1 aromatic carbocycles. The second-order valence-electron chi connectivity index (χ2n) is 5.26. The Kier molecular flexibility index (Phi) is 3.57. The molecule has 4 heteroatoms. The van der Waals surface area contributed by atoms with Gasteiger partial charge in [0, 0.05) is 30.3 Å². The van der Waals surface area contributed by atoms with Crippen molar-refractivity contribution in [2.45, 2.75) is 26.3 Å². The molecule has 0 saturated carbocycles. The number of nitrogens with two attached hydrogens (primary N) is 1. The maximum Gasteiger partial charge on any atom is 0.254 e. The minimum absolute atomic E-state index is 0.0367. The van der Waals surface area contributed by atoms with Gasteiger partial charge < -0.3 is 15.7 Å². The first kappa shape index (κ1) is 12.9. The molecule has 0 bridgehead atoms. The number of amides is 1. The maximum absolute atomic E-state index is 12.4. The first-order chi connectivity index (χ1) is 8.49. The average molecular weight is 248 g/mol. The molecule has 1 saturated heterocycles. The van der Waals surface area contributed by atoms with Crippen molar-refractivity contribution in [3.8, 4) is 5.75 Å². The number of carbonyl (C=O) groups is 1. The number of nitrogens with zero attached hydrogens (tertiary/aromatic N) is 1. The number of aromatic hydroxyl groups is 1. The summed E-state index contributed by atoms with van der Waals surface area (Å²) in [4.78, 5) is 14.2. The zero-order chi connectivity index (χ0) is 13.3. The molecule has 0 spiro atoms. The van der Waals surface area contributed by atoms with E-state index in [0.717, 1.165) is 13.0 Å². The highest BCUT2D eigenvalue weighted by Crippen LogP contribution is 2.23. The van der Waals surface area contributed by atoms with Gasteiger partial charge in [0.1, 0.15) is 5.75 Å². The van der Waals surface area contributed by atoms with E-state index in [1.54, 1.807) is 30.0 Å². The van der Waals surface area contributed by atoms with Crippen molar-refractivity contribution < 1.29 is 9.90 Å². The molecule has 0 aliphatic carbocycles. The first-order valence-electron chi connectivity index (χ1n) is 6.32. The molecule has 1 amide bonds. The van der Waals surface area contributed by atoms with Crippen LogP contribution in [0.25, 0.3) is 0 Å². The van der Waals surface area contributed by atoms with Crippen LogP contribution in [-0.2, 0) is 0 Å². The number of phenols is 1. The van der Waals surface area contributed by atoms with Crippen LogP contribution in [0.15, 0.2) is 18.2 Å². The summed E-state index contributed by atoms with van der Waals surface area (Å²) >= 11 is 0. The van der Waals surface area contributed by atoms with Gasteiger partial charge in [0.15, 0.2) is 0 Å². The molecule has 1 aliphatic heterocycles. The Bertz CT molecular complexity index is 449. The molecule has 1 aromatic rings. The molecule has 2 atom stereocenters. The minimum atomic E-state index is -0.0367. The lowest BCUT2D eigenvalue weighted by molar-refractivity contribution is 0.0660. The molecule has 1 aliphatic rings. The van der Waals surface area contributed by atoms with Crippen molar-refractivity contribution in [2.75, 3.05) is 13.1 Å². The van der Waals surface area contributed by atoms with Crippen LogP contribution in [0.3, 0.4) is 0 Å². The molecule has 0 aromatic heterocycles. The van der Waals surface area contributed by atoms with E-state index < -0.39 is 0 Å². The van der Waals surface area contributed by atoms with Crippen molar-refractivity contribution in [1.82, 2.24) is 4.90 Å².